The zero-order valence-electron chi connectivity index (χ0n) is 21.4. The summed E-state index contributed by atoms with van der Waals surface area (Å²) in [6.45, 7) is -2.51. The second-order valence-electron chi connectivity index (χ2n) is 9.93. The monoisotopic (exact) mass is 601 g/mol. The third kappa shape index (κ3) is 7.60. The largest absolute Gasteiger partial charge is 0.434 e. The number of nitrogens with zero attached hydrogens (tertiary/aromatic N) is 2. The number of sulfone groups is 1. The number of halogens is 6. The number of hydrogen-bond donors (Lipinski definition) is 2. The summed E-state index contributed by atoms with van der Waals surface area (Å²) >= 11 is 6.41. The summed E-state index contributed by atoms with van der Waals surface area (Å²) in [4.78, 5) is 12.9. The van der Waals surface area contributed by atoms with Crippen molar-refractivity contribution >= 4 is 27.3 Å². The lowest BCUT2D eigenvalue weighted by atomic mass is 9.84. The molecule has 1 saturated carbocycles. The van der Waals surface area contributed by atoms with E-state index < -0.39 is 57.5 Å². The second kappa shape index (κ2) is 11.6. The number of aryl methyl sites for hydroxylation is 1. The van der Waals surface area contributed by atoms with Crippen LogP contribution in [0, 0.1) is 5.92 Å². The highest BCUT2D eigenvalue weighted by atomic mass is 35.5. The summed E-state index contributed by atoms with van der Waals surface area (Å²) < 4.78 is 94.5. The number of benzene rings is 1. The number of carbonyl (C=O) groups is 1. The first-order chi connectivity index (χ1) is 17.9. The highest BCUT2D eigenvalue weighted by Gasteiger charge is 2.38. The number of rotatable bonds is 9. The second-order valence-corrected chi connectivity index (χ2v) is 12.6. The molecule has 1 heterocycles. The van der Waals surface area contributed by atoms with Gasteiger partial charge in [0.25, 0.3) is 5.91 Å². The molecule has 0 saturated heterocycles. The van der Waals surface area contributed by atoms with Gasteiger partial charge >= 0.3 is 12.8 Å². The summed E-state index contributed by atoms with van der Waals surface area (Å²) in [5.74, 6) is -2.94. The number of amides is 1. The molecule has 0 unspecified atom stereocenters. The highest BCUT2D eigenvalue weighted by molar-refractivity contribution is 7.91. The minimum absolute atomic E-state index is 0.0141. The zero-order chi connectivity index (χ0) is 29.3. The molecule has 1 aliphatic carbocycles. The third-order valence-electron chi connectivity index (χ3n) is 6.87. The van der Waals surface area contributed by atoms with Crippen LogP contribution in [-0.2, 0) is 23.3 Å². The van der Waals surface area contributed by atoms with Crippen molar-refractivity contribution in [2.45, 2.75) is 62.7 Å². The van der Waals surface area contributed by atoms with Gasteiger partial charge in [0.15, 0.2) is 5.69 Å². The first kappa shape index (κ1) is 31.1. The number of nitrogens with one attached hydrogen (secondary N) is 1. The molecule has 1 aromatic heterocycles. The lowest BCUT2D eigenvalue weighted by molar-refractivity contribution is -0.169. The van der Waals surface area contributed by atoms with Crippen LogP contribution in [0.4, 0.5) is 22.0 Å². The van der Waals surface area contributed by atoms with Gasteiger partial charge in [-0.15, -0.1) is 0 Å². The van der Waals surface area contributed by atoms with Gasteiger partial charge in [0.1, 0.15) is 15.6 Å². The van der Waals surface area contributed by atoms with Crippen molar-refractivity contribution in [2.75, 3.05) is 12.8 Å². The molecule has 0 spiro atoms. The van der Waals surface area contributed by atoms with Gasteiger partial charge in [-0.1, -0.05) is 24.6 Å². The maximum Gasteiger partial charge on any atom is 0.391 e. The Morgan fingerprint density at radius 3 is 2.46 bits per heavy atom. The van der Waals surface area contributed by atoms with E-state index >= 15 is 0 Å². The molecule has 15 heteroatoms. The Morgan fingerprint density at radius 1 is 1.31 bits per heavy atom. The molecule has 218 valence electrons. The van der Waals surface area contributed by atoms with Crippen molar-refractivity contribution in [3.05, 3.63) is 34.5 Å². The summed E-state index contributed by atoms with van der Waals surface area (Å²) in [7, 11) is -1.85. The van der Waals surface area contributed by atoms with Crippen molar-refractivity contribution in [3.8, 4) is 17.0 Å². The van der Waals surface area contributed by atoms with Crippen LogP contribution < -0.4 is 10.1 Å². The Kier molecular flexibility index (Phi) is 9.22. The van der Waals surface area contributed by atoms with E-state index in [4.69, 9.17) is 11.6 Å². The smallest absolute Gasteiger partial charge is 0.391 e. The molecule has 0 bridgehead atoms. The van der Waals surface area contributed by atoms with Crippen LogP contribution in [0.2, 0.25) is 5.02 Å². The molecule has 39 heavy (non-hydrogen) atoms. The average molecular weight is 602 g/mol. The molecule has 1 amide bonds. The molecule has 2 N–H and O–H groups in total. The van der Waals surface area contributed by atoms with Gasteiger partial charge in [-0.25, -0.2) is 8.42 Å². The van der Waals surface area contributed by atoms with Gasteiger partial charge in [-0.05, 0) is 49.8 Å². The van der Waals surface area contributed by atoms with E-state index in [1.54, 1.807) is 0 Å². The van der Waals surface area contributed by atoms with Gasteiger partial charge in [-0.2, -0.15) is 27.1 Å². The standard InChI is InChI=1S/C24H29ClF5N3O5S/c1-13(24(28,29)30)10-14-4-5-16(17(11-14)38-22(26)27)20-18(25)19(32-33(20)2)21(34)31-12-23(35)8-6-15(7-9-23)39(3,36)37/h4-5,11,13,15,22,35H,6-10,12H2,1-3H3,(H,31,34)/t13-,15?,23?/m1/s1. The molecular formula is C24H29ClF5N3O5S. The Hall–Kier alpha value is -2.45. The van der Waals surface area contributed by atoms with E-state index in [9.17, 15) is 40.3 Å². The van der Waals surface area contributed by atoms with Gasteiger partial charge in [-0.3, -0.25) is 9.48 Å². The topological polar surface area (TPSA) is 111 Å². The zero-order valence-corrected chi connectivity index (χ0v) is 22.9. The van der Waals surface area contributed by atoms with Crippen molar-refractivity contribution in [1.29, 1.82) is 0 Å². The third-order valence-corrected chi connectivity index (χ3v) is 8.91. The summed E-state index contributed by atoms with van der Waals surface area (Å²) in [6, 6.07) is 3.65. The lowest BCUT2D eigenvalue weighted by Crippen LogP contribution is -2.47. The minimum atomic E-state index is -4.48. The van der Waals surface area contributed by atoms with Crippen LogP contribution in [0.1, 0.15) is 48.7 Å². The van der Waals surface area contributed by atoms with E-state index in [0.29, 0.717) is 0 Å². The Bertz CT molecular complexity index is 1310. The summed E-state index contributed by atoms with van der Waals surface area (Å²) in [5, 5.41) is 16.6. The number of ether oxygens (including phenoxy) is 1. The fourth-order valence-electron chi connectivity index (χ4n) is 4.55. The van der Waals surface area contributed by atoms with Crippen LogP contribution in [0.3, 0.4) is 0 Å². The summed E-state index contributed by atoms with van der Waals surface area (Å²) in [6.07, 6.45) is -3.02. The van der Waals surface area contributed by atoms with Crippen LogP contribution in [-0.4, -0.2) is 65.7 Å². The molecule has 8 nitrogen and oxygen atoms in total. The van der Waals surface area contributed by atoms with Crippen LogP contribution in [0.5, 0.6) is 5.75 Å². The molecule has 1 aromatic carbocycles. The van der Waals surface area contributed by atoms with Crippen molar-refractivity contribution in [2.24, 2.45) is 13.0 Å². The van der Waals surface area contributed by atoms with Gasteiger partial charge < -0.3 is 15.2 Å². The SMILES string of the molecule is C[C@H](Cc1ccc(-c2c(Cl)c(C(=O)NCC3(O)CCC(S(C)(=O)=O)CC3)nn2C)c(OC(F)F)c1)C(F)(F)F. The minimum Gasteiger partial charge on any atom is -0.434 e. The number of aromatic nitrogens is 2. The molecule has 2 aromatic rings. The van der Waals surface area contributed by atoms with E-state index in [2.05, 4.69) is 15.2 Å². The van der Waals surface area contributed by atoms with Crippen molar-refractivity contribution in [3.63, 3.8) is 0 Å². The van der Waals surface area contributed by atoms with E-state index in [0.717, 1.165) is 23.9 Å². The van der Waals surface area contributed by atoms with Crippen LogP contribution >= 0.6 is 11.6 Å². The van der Waals surface area contributed by atoms with Gasteiger partial charge in [0.05, 0.1) is 27.5 Å². The molecular weight excluding hydrogens is 573 g/mol. The average Bonchev–Trinajstić information content (AvgIpc) is 3.10. The van der Waals surface area contributed by atoms with Crippen LogP contribution in [0.25, 0.3) is 11.3 Å². The van der Waals surface area contributed by atoms with Gasteiger partial charge in [0.2, 0.25) is 0 Å². The molecule has 0 radical (unpaired) electrons. The quantitative estimate of drug-likeness (QED) is 0.409. The first-order valence-corrected chi connectivity index (χ1v) is 14.3. The number of alkyl halides is 5. The van der Waals surface area contributed by atoms with Crippen LogP contribution in [0.15, 0.2) is 18.2 Å². The normalized spacial score (nSPS) is 21.2. The fourth-order valence-corrected chi connectivity index (χ4v) is 5.99. The van der Waals surface area contributed by atoms with E-state index in [1.807, 2.05) is 0 Å². The molecule has 3 rings (SSSR count). The predicted molar refractivity (Wildman–Crippen MR) is 134 cm³/mol. The molecule has 1 atom stereocenters. The highest BCUT2D eigenvalue weighted by Crippen LogP contribution is 2.39. The van der Waals surface area contributed by atoms with E-state index in [1.165, 1.54) is 19.2 Å². The maximum absolute atomic E-state index is 13.2. The molecule has 1 aliphatic rings. The first-order valence-electron chi connectivity index (χ1n) is 12.0. The predicted octanol–water partition coefficient (Wildman–Crippen LogP) is 4.53. The van der Waals surface area contributed by atoms with Gasteiger partial charge in [0, 0.05) is 25.4 Å². The fraction of sp³-hybridized carbons (Fsp3) is 0.583. The van der Waals surface area contributed by atoms with Crippen molar-refractivity contribution in [1.82, 2.24) is 15.1 Å². The summed E-state index contributed by atoms with van der Waals surface area (Å²) in [5.41, 5.74) is -1.51. The molecule has 0 aliphatic heterocycles. The molecule has 1 fully saturated rings. The lowest BCUT2D eigenvalue weighted by Gasteiger charge is -2.35. The van der Waals surface area contributed by atoms with E-state index in [-0.39, 0.29) is 59.8 Å². The number of carbonyl (C=O) groups excluding carboxylic acids is 1. The maximum atomic E-state index is 13.2. The Labute approximate surface area is 227 Å². The van der Waals surface area contributed by atoms with Crippen molar-refractivity contribution < 1.29 is 45.0 Å². The Morgan fingerprint density at radius 2 is 1.92 bits per heavy atom. The number of hydrogen-bond acceptors (Lipinski definition) is 6. The number of aliphatic hydroxyl groups is 1. The Balaban J connectivity index is 1.82.